The van der Waals surface area contributed by atoms with E-state index in [1.165, 1.54) is 11.0 Å². The first kappa shape index (κ1) is 51.1. The number of nitrogens with one attached hydrogen (secondary N) is 3. The summed E-state index contributed by atoms with van der Waals surface area (Å²) < 4.78 is 16.3. The van der Waals surface area contributed by atoms with Crippen LogP contribution >= 0.6 is 34.5 Å². The van der Waals surface area contributed by atoms with Gasteiger partial charge in [-0.2, -0.15) is 0 Å². The third-order valence-corrected chi connectivity index (χ3v) is 16.3. The van der Waals surface area contributed by atoms with Gasteiger partial charge >= 0.3 is 0 Å². The Labute approximate surface area is 430 Å². The smallest absolute Gasteiger partial charge is 0.246 e. The molecule has 9 rings (SSSR count). The van der Waals surface area contributed by atoms with Gasteiger partial charge in [0.25, 0.3) is 0 Å². The Morgan fingerprint density at radius 3 is 2.35 bits per heavy atom. The van der Waals surface area contributed by atoms with Crippen LogP contribution in [0.2, 0.25) is 10.0 Å². The lowest BCUT2D eigenvalue weighted by atomic mass is 9.75. The Kier molecular flexibility index (Phi) is 15.3. The van der Waals surface area contributed by atoms with E-state index in [1.54, 1.807) is 23.5 Å². The number of carbonyl (C=O) groups excluding carboxylic acids is 3. The molecular weight excluding hydrogens is 963 g/mol. The fraction of sp³-hybridized carbons (Fsp3) is 0.528. The highest BCUT2D eigenvalue weighted by molar-refractivity contribution is 7.13. The third kappa shape index (κ3) is 11.4. The molecule has 4 saturated heterocycles. The van der Waals surface area contributed by atoms with Gasteiger partial charge in [0, 0.05) is 82.2 Å². The molecule has 4 aliphatic rings. The van der Waals surface area contributed by atoms with Gasteiger partial charge in [0.15, 0.2) is 0 Å². The van der Waals surface area contributed by atoms with Gasteiger partial charge in [-0.3, -0.25) is 19.3 Å². The van der Waals surface area contributed by atoms with Crippen LogP contribution in [0.5, 0.6) is 0 Å². The SMILES string of the molecule is Cc1ncsc1-c1ccc([C@H](C)NC(=O)[C@@H]2C[C@@H](O)CN2C(=O)[C@@H](NC(=O)CCCCCCN2CCN(c3cc(Cl)cc4c3nc(N3CC5(CNC5)C3)n4Cc3ccc(F)c(Cl)c3)CC2)C(C)(C)C)cc1. The molecule has 5 aromatic rings. The summed E-state index contributed by atoms with van der Waals surface area (Å²) in [5.41, 5.74) is 8.22. The van der Waals surface area contributed by atoms with Crippen molar-refractivity contribution in [3.8, 4) is 10.4 Å². The zero-order chi connectivity index (χ0) is 50.2. The average Bonchev–Trinajstić information content (AvgIpc) is 4.03. The second kappa shape index (κ2) is 21.3. The molecule has 3 amide bonds. The van der Waals surface area contributed by atoms with Gasteiger partial charge in [0.1, 0.15) is 23.4 Å². The lowest BCUT2D eigenvalue weighted by Gasteiger charge is -2.56. The number of halogens is 3. The molecule has 2 aromatic heterocycles. The number of thiazole rings is 1. The molecule has 380 valence electrons. The number of piperazine rings is 1. The molecule has 18 heteroatoms. The number of nitrogens with zero attached hydrogens (tertiary/aromatic N) is 7. The Bertz CT molecular complexity index is 2730. The van der Waals surface area contributed by atoms with Gasteiger partial charge in [0.2, 0.25) is 23.7 Å². The summed E-state index contributed by atoms with van der Waals surface area (Å²) in [5.74, 6) is -0.439. The van der Waals surface area contributed by atoms with Crippen molar-refractivity contribution in [3.05, 3.63) is 92.8 Å². The Morgan fingerprint density at radius 2 is 1.69 bits per heavy atom. The first-order valence-electron chi connectivity index (χ1n) is 25.1. The largest absolute Gasteiger partial charge is 0.391 e. The lowest BCUT2D eigenvalue weighted by molar-refractivity contribution is -0.144. The van der Waals surface area contributed by atoms with Crippen molar-refractivity contribution in [2.75, 3.05) is 75.2 Å². The highest BCUT2D eigenvalue weighted by Crippen LogP contribution is 2.41. The van der Waals surface area contributed by atoms with Gasteiger partial charge in [0.05, 0.1) is 51.0 Å². The van der Waals surface area contributed by atoms with Crippen LogP contribution in [0.3, 0.4) is 0 Å². The molecular formula is C53H67Cl2FN10O4S. The van der Waals surface area contributed by atoms with Crippen LogP contribution in [0.15, 0.2) is 60.1 Å². The van der Waals surface area contributed by atoms with Crippen molar-refractivity contribution < 1.29 is 23.9 Å². The lowest BCUT2D eigenvalue weighted by Crippen LogP contribution is -2.71. The minimum atomic E-state index is -0.867. The van der Waals surface area contributed by atoms with Crippen LogP contribution in [0.25, 0.3) is 21.5 Å². The van der Waals surface area contributed by atoms with Crippen LogP contribution in [0.4, 0.5) is 16.0 Å². The fourth-order valence-corrected chi connectivity index (χ4v) is 11.9. The van der Waals surface area contributed by atoms with Crippen LogP contribution in [-0.4, -0.2) is 131 Å². The van der Waals surface area contributed by atoms with Crippen LogP contribution in [-0.2, 0) is 20.9 Å². The number of hydrogen-bond donors (Lipinski definition) is 4. The van der Waals surface area contributed by atoms with Gasteiger partial charge in [-0.05, 0) is 79.6 Å². The van der Waals surface area contributed by atoms with Crippen LogP contribution < -0.4 is 25.8 Å². The van der Waals surface area contributed by atoms with Crippen LogP contribution in [0, 0.1) is 23.6 Å². The van der Waals surface area contributed by atoms with E-state index >= 15 is 0 Å². The molecule has 0 saturated carbocycles. The Hall–Kier alpha value is -4.84. The van der Waals surface area contributed by atoms with E-state index in [0.29, 0.717) is 29.8 Å². The number of aliphatic hydroxyl groups is 1. The summed E-state index contributed by atoms with van der Waals surface area (Å²) in [5, 5.41) is 21.0. The van der Waals surface area contributed by atoms with Crippen molar-refractivity contribution >= 4 is 74.9 Å². The molecule has 0 radical (unpaired) electrons. The average molecular weight is 1030 g/mol. The normalized spacial score (nSPS) is 20.0. The minimum absolute atomic E-state index is 0.0243. The number of unbranched alkanes of at least 4 members (excludes halogenated alkanes) is 3. The fourth-order valence-electron chi connectivity index (χ4n) is 10.7. The summed E-state index contributed by atoms with van der Waals surface area (Å²) in [7, 11) is 0. The van der Waals surface area contributed by atoms with E-state index in [-0.39, 0.29) is 41.8 Å². The number of fused-ring (bicyclic) bond motifs is 1. The van der Waals surface area contributed by atoms with Crippen molar-refractivity contribution in [3.63, 3.8) is 0 Å². The number of amides is 3. The van der Waals surface area contributed by atoms with E-state index < -0.39 is 29.4 Å². The van der Waals surface area contributed by atoms with Gasteiger partial charge in [-0.1, -0.05) is 87.1 Å². The number of β-amino-alcohol motifs (C(OH)–C–C–N with tert-alkyl or cyclic N) is 1. The summed E-state index contributed by atoms with van der Waals surface area (Å²) in [4.78, 5) is 60.7. The van der Waals surface area contributed by atoms with E-state index in [2.05, 4.69) is 40.2 Å². The van der Waals surface area contributed by atoms with E-state index in [1.807, 2.05) is 76.5 Å². The molecule has 0 unspecified atom stereocenters. The number of hydrogen-bond acceptors (Lipinski definition) is 11. The topological polar surface area (TPSA) is 151 Å². The number of aromatic nitrogens is 3. The van der Waals surface area contributed by atoms with Crippen molar-refractivity contribution in [1.82, 2.24) is 40.3 Å². The summed E-state index contributed by atoms with van der Waals surface area (Å²) in [6.45, 7) is 18.4. The molecule has 4 fully saturated rings. The highest BCUT2D eigenvalue weighted by Gasteiger charge is 2.49. The molecule has 0 aliphatic carbocycles. The monoisotopic (exact) mass is 1030 g/mol. The quantitative estimate of drug-likeness (QED) is 0.0680. The molecule has 4 atom stereocenters. The number of likely N-dealkylation sites (tertiary alicyclic amines) is 1. The predicted molar refractivity (Wildman–Crippen MR) is 281 cm³/mol. The molecule has 3 aromatic carbocycles. The zero-order valence-electron chi connectivity index (χ0n) is 41.4. The molecule has 0 bridgehead atoms. The third-order valence-electron chi connectivity index (χ3n) is 14.8. The maximum Gasteiger partial charge on any atom is 0.246 e. The molecule has 71 heavy (non-hydrogen) atoms. The minimum Gasteiger partial charge on any atom is -0.391 e. The van der Waals surface area contributed by atoms with Gasteiger partial charge in [-0.25, -0.2) is 14.4 Å². The first-order chi connectivity index (χ1) is 33.9. The molecule has 6 heterocycles. The maximum absolute atomic E-state index is 14.2. The van der Waals surface area contributed by atoms with Crippen molar-refractivity contribution in [1.29, 1.82) is 0 Å². The molecule has 14 nitrogen and oxygen atoms in total. The number of rotatable bonds is 17. The summed E-state index contributed by atoms with van der Waals surface area (Å²) in [6, 6.07) is 14.8. The predicted octanol–water partition coefficient (Wildman–Crippen LogP) is 7.81. The Morgan fingerprint density at radius 1 is 0.958 bits per heavy atom. The number of benzene rings is 3. The number of carbonyl (C=O) groups is 3. The second-order valence-electron chi connectivity index (χ2n) is 21.4. The standard InChI is InChI=1S/C53H67Cl2FN10O4S/c1-33(36-12-14-37(15-13-36)47-34(2)58-32-71-47)59-49(69)44-25-39(67)27-65(44)50(70)48(52(3,4)5)60-45(68)10-8-6-7-9-17-62-18-20-63(21-19-62)42-23-38(54)24-43-46(42)61-51(64-30-53(31-64)28-57-29-53)66(43)26-35-11-16-41(56)40(55)22-35/h11-16,22-24,32-33,39,44,48,57,67H,6-10,17-21,25-31H2,1-5H3,(H,59,69)(H,60,68)/t33-,39+,44-,48+/m0/s1. The van der Waals surface area contributed by atoms with E-state index in [4.69, 9.17) is 28.2 Å². The Balaban J connectivity index is 0.735. The van der Waals surface area contributed by atoms with E-state index in [9.17, 15) is 23.9 Å². The first-order valence-corrected chi connectivity index (χ1v) is 26.7. The number of aliphatic hydroxyl groups excluding tert-OH is 1. The summed E-state index contributed by atoms with van der Waals surface area (Å²) >= 11 is 14.7. The molecule has 1 spiro atoms. The summed E-state index contributed by atoms with van der Waals surface area (Å²) in [6.07, 6.45) is 3.15. The van der Waals surface area contributed by atoms with E-state index in [0.717, 1.165) is 128 Å². The number of anilines is 2. The zero-order valence-corrected chi connectivity index (χ0v) is 43.8. The second-order valence-corrected chi connectivity index (χ2v) is 23.1. The number of imidazole rings is 1. The number of aryl methyl sites for hydroxylation is 1. The maximum atomic E-state index is 14.2. The molecule has 4 N–H and O–H groups in total. The van der Waals surface area contributed by atoms with Gasteiger partial charge in [-0.15, -0.1) is 11.3 Å². The van der Waals surface area contributed by atoms with Crippen molar-refractivity contribution in [2.24, 2.45) is 10.8 Å². The van der Waals surface area contributed by atoms with Crippen molar-refractivity contribution in [2.45, 2.75) is 104 Å². The van der Waals surface area contributed by atoms with Crippen LogP contribution in [0.1, 0.15) is 89.1 Å². The highest BCUT2D eigenvalue weighted by atomic mass is 35.5. The van der Waals surface area contributed by atoms with Gasteiger partial charge < -0.3 is 40.3 Å². The molecule has 4 aliphatic heterocycles.